The van der Waals surface area contributed by atoms with E-state index in [1.165, 1.54) is 6.42 Å². The van der Waals surface area contributed by atoms with Crippen molar-refractivity contribution in [2.75, 3.05) is 0 Å². The van der Waals surface area contributed by atoms with Crippen molar-refractivity contribution < 1.29 is 19.5 Å². The Morgan fingerprint density at radius 3 is 2.37 bits per heavy atom. The van der Waals surface area contributed by atoms with E-state index in [0.717, 1.165) is 25.7 Å². The van der Waals surface area contributed by atoms with Crippen LogP contribution in [0.25, 0.3) is 0 Å². The Morgan fingerprint density at radius 2 is 1.84 bits per heavy atom. The minimum atomic E-state index is -1.13. The lowest BCUT2D eigenvalue weighted by atomic mass is 9.87. The molecule has 1 rings (SSSR count). The van der Waals surface area contributed by atoms with Crippen LogP contribution in [0.1, 0.15) is 51.4 Å². The van der Waals surface area contributed by atoms with Crippen LogP contribution in [-0.2, 0) is 14.4 Å². The number of amides is 2. The van der Waals surface area contributed by atoms with E-state index in [-0.39, 0.29) is 18.7 Å². The minimum Gasteiger partial charge on any atom is -0.480 e. The third kappa shape index (κ3) is 6.22. The SMILES string of the molecule is NC(=O)CC[C@H](NC(=O)CC1CCCCC1)C(=O)O. The van der Waals surface area contributed by atoms with E-state index >= 15 is 0 Å². The standard InChI is InChI=1S/C13H22N2O4/c14-11(16)7-6-10(13(18)19)15-12(17)8-9-4-2-1-3-5-9/h9-10H,1-8H2,(H2,14,16)(H,15,17)(H,18,19)/t10-/m0/s1. The van der Waals surface area contributed by atoms with E-state index in [1.54, 1.807) is 0 Å². The topological polar surface area (TPSA) is 109 Å². The van der Waals surface area contributed by atoms with Crippen molar-refractivity contribution in [3.05, 3.63) is 0 Å². The molecule has 0 heterocycles. The minimum absolute atomic E-state index is 0.0410. The number of rotatable bonds is 7. The fourth-order valence-corrected chi connectivity index (χ4v) is 2.45. The zero-order valence-electron chi connectivity index (χ0n) is 11.1. The van der Waals surface area contributed by atoms with Crippen LogP contribution in [0.2, 0.25) is 0 Å². The number of hydrogen-bond donors (Lipinski definition) is 3. The summed E-state index contributed by atoms with van der Waals surface area (Å²) < 4.78 is 0. The van der Waals surface area contributed by atoms with Crippen LogP contribution in [0.15, 0.2) is 0 Å². The first-order chi connectivity index (χ1) is 8.99. The molecule has 1 aliphatic carbocycles. The summed E-state index contributed by atoms with van der Waals surface area (Å²) in [6, 6.07) is -1.02. The molecule has 0 spiro atoms. The van der Waals surface area contributed by atoms with Crippen molar-refractivity contribution >= 4 is 17.8 Å². The van der Waals surface area contributed by atoms with Crippen molar-refractivity contribution in [2.24, 2.45) is 11.7 Å². The predicted octanol–water partition coefficient (Wildman–Crippen LogP) is 0.792. The Morgan fingerprint density at radius 1 is 1.21 bits per heavy atom. The molecule has 6 nitrogen and oxygen atoms in total. The fourth-order valence-electron chi connectivity index (χ4n) is 2.45. The maximum Gasteiger partial charge on any atom is 0.326 e. The molecule has 19 heavy (non-hydrogen) atoms. The summed E-state index contributed by atoms with van der Waals surface area (Å²) in [6.45, 7) is 0. The molecule has 6 heteroatoms. The zero-order valence-corrected chi connectivity index (χ0v) is 11.1. The Bertz CT molecular complexity index is 338. The Labute approximate surface area is 112 Å². The molecule has 0 aromatic rings. The van der Waals surface area contributed by atoms with Crippen molar-refractivity contribution in [1.82, 2.24) is 5.32 Å². The molecule has 0 radical (unpaired) electrons. The summed E-state index contributed by atoms with van der Waals surface area (Å²) in [5, 5.41) is 11.4. The van der Waals surface area contributed by atoms with E-state index in [1.807, 2.05) is 0 Å². The maximum absolute atomic E-state index is 11.8. The number of carbonyl (C=O) groups is 3. The van der Waals surface area contributed by atoms with Gasteiger partial charge in [-0.3, -0.25) is 9.59 Å². The molecule has 1 fully saturated rings. The Hall–Kier alpha value is -1.59. The van der Waals surface area contributed by atoms with Crippen LogP contribution >= 0.6 is 0 Å². The Balaban J connectivity index is 2.37. The quantitative estimate of drug-likeness (QED) is 0.635. The number of primary amides is 1. The van der Waals surface area contributed by atoms with Crippen molar-refractivity contribution in [3.8, 4) is 0 Å². The van der Waals surface area contributed by atoms with Crippen molar-refractivity contribution in [3.63, 3.8) is 0 Å². The second-order valence-electron chi connectivity index (χ2n) is 5.17. The number of carboxylic acid groups (broad SMARTS) is 1. The monoisotopic (exact) mass is 270 g/mol. The second kappa shape index (κ2) is 7.76. The molecule has 1 aliphatic rings. The van der Waals surface area contributed by atoms with Gasteiger partial charge in [0, 0.05) is 12.8 Å². The van der Waals surface area contributed by atoms with Crippen LogP contribution in [0.4, 0.5) is 0 Å². The first-order valence-electron chi connectivity index (χ1n) is 6.79. The van der Waals surface area contributed by atoms with Gasteiger partial charge in [-0.25, -0.2) is 4.79 Å². The molecule has 2 amide bonds. The maximum atomic E-state index is 11.8. The average molecular weight is 270 g/mol. The van der Waals surface area contributed by atoms with Crippen molar-refractivity contribution in [2.45, 2.75) is 57.4 Å². The molecule has 1 saturated carbocycles. The molecule has 0 saturated heterocycles. The van der Waals surface area contributed by atoms with E-state index in [4.69, 9.17) is 10.8 Å². The van der Waals surface area contributed by atoms with E-state index in [2.05, 4.69) is 5.32 Å². The summed E-state index contributed by atoms with van der Waals surface area (Å²) in [5.41, 5.74) is 4.98. The van der Waals surface area contributed by atoms with Crippen LogP contribution in [0.3, 0.4) is 0 Å². The largest absolute Gasteiger partial charge is 0.480 e. The van der Waals surface area contributed by atoms with Crippen LogP contribution in [0, 0.1) is 5.92 Å². The first kappa shape index (κ1) is 15.5. The Kier molecular flexibility index (Phi) is 6.32. The number of hydrogen-bond acceptors (Lipinski definition) is 3. The van der Waals surface area contributed by atoms with Crippen LogP contribution < -0.4 is 11.1 Å². The van der Waals surface area contributed by atoms with Gasteiger partial charge in [0.2, 0.25) is 11.8 Å². The highest BCUT2D eigenvalue weighted by molar-refractivity contribution is 5.84. The van der Waals surface area contributed by atoms with Gasteiger partial charge < -0.3 is 16.2 Å². The number of nitrogens with two attached hydrogens (primary N) is 1. The highest BCUT2D eigenvalue weighted by atomic mass is 16.4. The number of carboxylic acids is 1. The molecule has 108 valence electrons. The van der Waals surface area contributed by atoms with E-state index in [0.29, 0.717) is 12.3 Å². The van der Waals surface area contributed by atoms with Gasteiger partial charge in [-0.15, -0.1) is 0 Å². The van der Waals surface area contributed by atoms with Gasteiger partial charge in [-0.1, -0.05) is 19.3 Å². The predicted molar refractivity (Wildman–Crippen MR) is 69.2 cm³/mol. The highest BCUT2D eigenvalue weighted by Gasteiger charge is 2.23. The lowest BCUT2D eigenvalue weighted by molar-refractivity contribution is -0.142. The van der Waals surface area contributed by atoms with E-state index in [9.17, 15) is 14.4 Å². The van der Waals surface area contributed by atoms with Crippen molar-refractivity contribution in [1.29, 1.82) is 0 Å². The molecule has 0 aromatic carbocycles. The molecule has 0 bridgehead atoms. The summed E-state index contributed by atoms with van der Waals surface area (Å²) in [5.74, 6) is -1.57. The van der Waals surface area contributed by atoms with Gasteiger partial charge in [-0.2, -0.15) is 0 Å². The molecule has 0 aromatic heterocycles. The van der Waals surface area contributed by atoms with Gasteiger partial charge in [0.25, 0.3) is 0 Å². The lowest BCUT2D eigenvalue weighted by Crippen LogP contribution is -2.42. The zero-order chi connectivity index (χ0) is 14.3. The normalized spacial score (nSPS) is 17.7. The van der Waals surface area contributed by atoms with Crippen LogP contribution in [0.5, 0.6) is 0 Å². The summed E-state index contributed by atoms with van der Waals surface area (Å²) in [6.07, 6.45) is 5.94. The second-order valence-corrected chi connectivity index (χ2v) is 5.17. The highest BCUT2D eigenvalue weighted by Crippen LogP contribution is 2.26. The van der Waals surface area contributed by atoms with Gasteiger partial charge in [-0.05, 0) is 25.2 Å². The number of aliphatic carboxylic acids is 1. The summed E-state index contributed by atoms with van der Waals surface area (Å²) >= 11 is 0. The smallest absolute Gasteiger partial charge is 0.326 e. The van der Waals surface area contributed by atoms with E-state index < -0.39 is 17.9 Å². The first-order valence-corrected chi connectivity index (χ1v) is 6.79. The molecule has 4 N–H and O–H groups in total. The van der Waals surface area contributed by atoms with Gasteiger partial charge in [0.1, 0.15) is 6.04 Å². The third-order valence-corrected chi connectivity index (χ3v) is 3.51. The van der Waals surface area contributed by atoms with Gasteiger partial charge in [0.15, 0.2) is 0 Å². The van der Waals surface area contributed by atoms with Gasteiger partial charge >= 0.3 is 5.97 Å². The molecule has 0 aliphatic heterocycles. The molecule has 1 atom stereocenters. The third-order valence-electron chi connectivity index (χ3n) is 3.51. The average Bonchev–Trinajstić information content (AvgIpc) is 2.35. The number of carbonyl (C=O) groups excluding carboxylic acids is 2. The fraction of sp³-hybridized carbons (Fsp3) is 0.769. The van der Waals surface area contributed by atoms with Gasteiger partial charge in [0.05, 0.1) is 0 Å². The summed E-state index contributed by atoms with van der Waals surface area (Å²) in [4.78, 5) is 33.4. The summed E-state index contributed by atoms with van der Waals surface area (Å²) in [7, 11) is 0. The molecule has 0 unspecified atom stereocenters. The van der Waals surface area contributed by atoms with Crippen LogP contribution in [-0.4, -0.2) is 28.9 Å². The molecular weight excluding hydrogens is 248 g/mol. The number of nitrogens with one attached hydrogen (secondary N) is 1. The molecular formula is C13H22N2O4. The lowest BCUT2D eigenvalue weighted by Gasteiger charge is -2.22.